The standard InChI is InChI=1S/2C21H17BrF3N3O/c2*1-28-11-18(26-12-28)17-9-15(19-10-20(22)27-29-19)6-5-14(17)7-13-3-2-4-16(8-13)21(23,24)25/h2*2-6,8-9,11-12,19H,7,10H2,1H3/t2*19-/m10/s1. The minimum Gasteiger partial charge on any atom is -0.386 e. The number of aryl methyl sites for hydroxylation is 2. The van der Waals surface area contributed by atoms with Gasteiger partial charge in [-0.1, -0.05) is 71.0 Å². The summed E-state index contributed by atoms with van der Waals surface area (Å²) >= 11 is 6.68. The molecule has 0 spiro atoms. The topological polar surface area (TPSA) is 78.8 Å². The summed E-state index contributed by atoms with van der Waals surface area (Å²) < 4.78 is 83.6. The van der Waals surface area contributed by atoms with Gasteiger partial charge in [0.2, 0.25) is 0 Å². The maximum atomic E-state index is 13.1. The monoisotopic (exact) mass is 926 g/mol. The van der Waals surface area contributed by atoms with Crippen LogP contribution in [0.2, 0.25) is 0 Å². The van der Waals surface area contributed by atoms with E-state index >= 15 is 0 Å². The van der Waals surface area contributed by atoms with Gasteiger partial charge in [0.25, 0.3) is 0 Å². The molecule has 6 aromatic rings. The highest BCUT2D eigenvalue weighted by Crippen LogP contribution is 2.37. The second-order valence-corrected chi connectivity index (χ2v) is 15.8. The summed E-state index contributed by atoms with van der Waals surface area (Å²) in [6.45, 7) is 0. The van der Waals surface area contributed by atoms with E-state index in [1.165, 1.54) is 24.3 Å². The normalized spacial score (nSPS) is 16.6. The van der Waals surface area contributed by atoms with E-state index in [0.29, 0.717) is 36.8 Å². The first-order chi connectivity index (χ1) is 27.6. The number of imidazole rings is 2. The van der Waals surface area contributed by atoms with Gasteiger partial charge in [0, 0.05) is 50.5 Å². The van der Waals surface area contributed by atoms with Crippen molar-refractivity contribution in [2.45, 2.75) is 50.2 Å². The summed E-state index contributed by atoms with van der Waals surface area (Å²) in [5.41, 5.74) is 6.81. The molecule has 2 aliphatic heterocycles. The number of nitrogens with zero attached hydrogens (tertiary/aromatic N) is 6. The van der Waals surface area contributed by atoms with Crippen molar-refractivity contribution in [3.05, 3.63) is 154 Å². The number of benzene rings is 4. The van der Waals surface area contributed by atoms with Gasteiger partial charge in [-0.15, -0.1) is 0 Å². The van der Waals surface area contributed by atoms with Crippen molar-refractivity contribution in [2.24, 2.45) is 24.4 Å². The molecule has 4 aromatic carbocycles. The van der Waals surface area contributed by atoms with Crippen LogP contribution < -0.4 is 0 Å². The second-order valence-electron chi connectivity index (χ2n) is 14.0. The third-order valence-electron chi connectivity index (χ3n) is 9.54. The van der Waals surface area contributed by atoms with Crippen LogP contribution >= 0.6 is 31.9 Å². The fraction of sp³-hybridized carbons (Fsp3) is 0.238. The molecule has 16 heteroatoms. The van der Waals surface area contributed by atoms with Crippen LogP contribution in [-0.2, 0) is 49.0 Å². The molecule has 2 aromatic heterocycles. The van der Waals surface area contributed by atoms with Crippen molar-refractivity contribution in [3.63, 3.8) is 0 Å². The molecular formula is C42H34Br2F6N6O2. The molecule has 0 fully saturated rings. The number of hydrogen-bond acceptors (Lipinski definition) is 6. The number of aromatic nitrogens is 4. The van der Waals surface area contributed by atoms with Crippen molar-refractivity contribution in [1.82, 2.24) is 19.1 Å². The molecule has 8 nitrogen and oxygen atoms in total. The second kappa shape index (κ2) is 16.9. The van der Waals surface area contributed by atoms with Crippen LogP contribution in [0.3, 0.4) is 0 Å². The first kappa shape index (κ1) is 41.0. The van der Waals surface area contributed by atoms with Crippen LogP contribution in [0.15, 0.2) is 120 Å². The predicted molar refractivity (Wildman–Crippen MR) is 215 cm³/mol. The van der Waals surface area contributed by atoms with Gasteiger partial charge < -0.3 is 18.8 Å². The molecule has 0 radical (unpaired) electrons. The molecule has 0 saturated heterocycles. The van der Waals surface area contributed by atoms with E-state index in [1.54, 1.807) is 24.8 Å². The third kappa shape index (κ3) is 9.89. The Hall–Kier alpha value is -5.22. The molecule has 2 aliphatic rings. The minimum atomic E-state index is -4.36. The molecule has 58 heavy (non-hydrogen) atoms. The molecule has 4 heterocycles. The average Bonchev–Trinajstić information content (AvgIpc) is 4.01. The van der Waals surface area contributed by atoms with Crippen molar-refractivity contribution >= 4 is 41.1 Å². The largest absolute Gasteiger partial charge is 0.416 e. The zero-order valence-corrected chi connectivity index (χ0v) is 34.1. The van der Waals surface area contributed by atoms with Crippen LogP contribution in [0.1, 0.15) is 69.6 Å². The number of hydrogen-bond donors (Lipinski definition) is 0. The molecule has 0 N–H and O–H groups in total. The van der Waals surface area contributed by atoms with E-state index in [-0.39, 0.29) is 12.2 Å². The molecule has 0 amide bonds. The Balaban J connectivity index is 0.000000177. The van der Waals surface area contributed by atoms with E-state index < -0.39 is 23.5 Å². The van der Waals surface area contributed by atoms with Crippen molar-refractivity contribution in [3.8, 4) is 22.5 Å². The number of alkyl halides is 6. The van der Waals surface area contributed by atoms with Crippen molar-refractivity contribution < 1.29 is 36.0 Å². The lowest BCUT2D eigenvalue weighted by Gasteiger charge is -2.14. The lowest BCUT2D eigenvalue weighted by molar-refractivity contribution is -0.138. The highest BCUT2D eigenvalue weighted by molar-refractivity contribution is 9.18. The molecule has 300 valence electrons. The Labute approximate surface area is 346 Å². The van der Waals surface area contributed by atoms with Crippen LogP contribution in [0.25, 0.3) is 22.5 Å². The van der Waals surface area contributed by atoms with Crippen LogP contribution in [0.4, 0.5) is 26.3 Å². The predicted octanol–water partition coefficient (Wildman–Crippen LogP) is 11.7. The van der Waals surface area contributed by atoms with E-state index in [1.807, 2.05) is 72.0 Å². The van der Waals surface area contributed by atoms with E-state index in [9.17, 15) is 26.3 Å². The Morgan fingerprint density at radius 3 is 1.34 bits per heavy atom. The Morgan fingerprint density at radius 1 is 0.603 bits per heavy atom. The lowest BCUT2D eigenvalue weighted by Crippen LogP contribution is -2.05. The van der Waals surface area contributed by atoms with Crippen LogP contribution in [-0.4, -0.2) is 28.3 Å². The van der Waals surface area contributed by atoms with Crippen LogP contribution in [0, 0.1) is 0 Å². The van der Waals surface area contributed by atoms with Crippen LogP contribution in [0.5, 0.6) is 0 Å². The van der Waals surface area contributed by atoms with Gasteiger partial charge in [0.15, 0.2) is 12.2 Å². The lowest BCUT2D eigenvalue weighted by atomic mass is 9.93. The SMILES string of the molecule is Cn1cnc(-c2cc([C@@H]3CC(Br)=NO3)ccc2Cc2cccc(C(F)(F)F)c2)c1.Cn1cnc(-c2cc([C@H]3CC(Br)=NO3)ccc2Cc2cccc(C(F)(F)F)c2)c1. The summed E-state index contributed by atoms with van der Waals surface area (Å²) in [5.74, 6) is 0. The minimum absolute atomic E-state index is 0.200. The summed E-state index contributed by atoms with van der Waals surface area (Å²) in [6.07, 6.45) is 0.0291. The zero-order chi connectivity index (χ0) is 41.2. The summed E-state index contributed by atoms with van der Waals surface area (Å²) in [6, 6.07) is 22.5. The van der Waals surface area contributed by atoms with E-state index in [4.69, 9.17) is 9.68 Å². The Morgan fingerprint density at radius 2 is 1.02 bits per heavy atom. The van der Waals surface area contributed by atoms with Gasteiger partial charge in [0.05, 0.1) is 35.2 Å². The fourth-order valence-corrected chi connectivity index (χ4v) is 7.44. The molecule has 0 bridgehead atoms. The first-order valence-corrected chi connectivity index (χ1v) is 19.5. The average molecular weight is 929 g/mol. The molecular weight excluding hydrogens is 894 g/mol. The van der Waals surface area contributed by atoms with Gasteiger partial charge >= 0.3 is 12.4 Å². The number of halogens is 8. The summed E-state index contributed by atoms with van der Waals surface area (Å²) in [5, 5.41) is 7.86. The van der Waals surface area contributed by atoms with Gasteiger partial charge in [0.1, 0.15) is 9.24 Å². The van der Waals surface area contributed by atoms with Crippen molar-refractivity contribution in [1.29, 1.82) is 0 Å². The number of oxime groups is 2. The summed E-state index contributed by atoms with van der Waals surface area (Å²) in [7, 11) is 3.75. The third-order valence-corrected chi connectivity index (χ3v) is 10.5. The molecule has 0 unspecified atom stereocenters. The molecule has 0 saturated carbocycles. The molecule has 0 aliphatic carbocycles. The van der Waals surface area contributed by atoms with Gasteiger partial charge in [-0.2, -0.15) is 26.3 Å². The number of rotatable bonds is 8. The molecule has 2 atom stereocenters. The quantitative estimate of drug-likeness (QED) is 0.142. The first-order valence-electron chi connectivity index (χ1n) is 17.9. The maximum absolute atomic E-state index is 13.1. The van der Waals surface area contributed by atoms with Gasteiger partial charge in [-0.05, 0) is 102 Å². The maximum Gasteiger partial charge on any atom is 0.416 e. The summed E-state index contributed by atoms with van der Waals surface area (Å²) in [4.78, 5) is 19.8. The molecule has 8 rings (SSSR count). The van der Waals surface area contributed by atoms with E-state index in [0.717, 1.165) is 66.1 Å². The Kier molecular flexibility index (Phi) is 12.0. The van der Waals surface area contributed by atoms with Crippen molar-refractivity contribution in [2.75, 3.05) is 0 Å². The zero-order valence-electron chi connectivity index (χ0n) is 30.9. The fourth-order valence-electron chi connectivity index (χ4n) is 6.69. The highest BCUT2D eigenvalue weighted by atomic mass is 79.9. The highest BCUT2D eigenvalue weighted by Gasteiger charge is 2.32. The van der Waals surface area contributed by atoms with Gasteiger partial charge in [-0.3, -0.25) is 0 Å². The van der Waals surface area contributed by atoms with E-state index in [2.05, 4.69) is 52.1 Å². The van der Waals surface area contributed by atoms with Gasteiger partial charge in [-0.25, -0.2) is 9.97 Å². The Bertz CT molecular complexity index is 2320. The smallest absolute Gasteiger partial charge is 0.386 e.